The molecule has 0 aromatic carbocycles. The lowest BCUT2D eigenvalue weighted by Gasteiger charge is -2.35. The second kappa shape index (κ2) is 5.80. The predicted octanol–water partition coefficient (Wildman–Crippen LogP) is 3.03. The van der Waals surface area contributed by atoms with Gasteiger partial charge in [-0.2, -0.15) is 5.10 Å². The average Bonchev–Trinajstić information content (AvgIpc) is 2.61. The Morgan fingerprint density at radius 3 is 2.65 bits per heavy atom. The minimum Gasteiger partial charge on any atom is -0.362 e. The van der Waals surface area contributed by atoms with Gasteiger partial charge in [0.25, 0.3) is 0 Å². The van der Waals surface area contributed by atoms with E-state index in [0.29, 0.717) is 6.04 Å². The fourth-order valence-corrected chi connectivity index (χ4v) is 3.40. The Bertz CT molecular complexity index is 511. The van der Waals surface area contributed by atoms with Crippen LogP contribution in [-0.2, 0) is 13.6 Å². The van der Waals surface area contributed by atoms with E-state index in [2.05, 4.69) is 45.0 Å². The Morgan fingerprint density at radius 2 is 2.10 bits per heavy atom. The number of aryl methyl sites for hydroxylation is 2. The minimum absolute atomic E-state index is 0.280. The zero-order valence-electron chi connectivity index (χ0n) is 13.4. The van der Waals surface area contributed by atoms with Crippen LogP contribution in [0.1, 0.15) is 44.1 Å². The van der Waals surface area contributed by atoms with Crippen LogP contribution in [0, 0.1) is 19.3 Å². The topological polar surface area (TPSA) is 42.2 Å². The maximum absolute atomic E-state index is 4.77. The van der Waals surface area contributed by atoms with Crippen molar-refractivity contribution in [1.82, 2.24) is 15.1 Å². The van der Waals surface area contributed by atoms with E-state index in [4.69, 9.17) is 4.99 Å². The standard InChI is InChI=1S/C15H26N4S/c1-10-12(11(2)19(6)18-10)9-16-14-17-13(7-8-20-14)15(3,4)5/h13H,7-9H2,1-6H3,(H,16,17). The van der Waals surface area contributed by atoms with E-state index in [1.807, 2.05) is 23.5 Å². The SMILES string of the molecule is Cc1nn(C)c(C)c1CN=C1NC(C(C)(C)C)CCS1. The summed E-state index contributed by atoms with van der Waals surface area (Å²) in [5, 5.41) is 9.13. The number of nitrogens with zero attached hydrogens (tertiary/aromatic N) is 3. The van der Waals surface area contributed by atoms with Gasteiger partial charge >= 0.3 is 0 Å². The highest BCUT2D eigenvalue weighted by atomic mass is 32.2. The summed E-state index contributed by atoms with van der Waals surface area (Å²) in [5.74, 6) is 1.15. The van der Waals surface area contributed by atoms with Crippen molar-refractivity contribution in [3.8, 4) is 0 Å². The smallest absolute Gasteiger partial charge is 0.157 e. The molecule has 1 unspecified atom stereocenters. The molecule has 1 aromatic rings. The first-order valence-corrected chi connectivity index (χ1v) is 8.20. The van der Waals surface area contributed by atoms with Gasteiger partial charge in [-0.3, -0.25) is 9.67 Å². The number of nitrogens with one attached hydrogen (secondary N) is 1. The normalized spacial score (nSPS) is 22.1. The molecule has 0 radical (unpaired) electrons. The Kier molecular flexibility index (Phi) is 4.47. The summed E-state index contributed by atoms with van der Waals surface area (Å²) in [6.07, 6.45) is 1.21. The molecule has 1 aliphatic heterocycles. The molecule has 1 atom stereocenters. The summed E-state index contributed by atoms with van der Waals surface area (Å²) in [6.45, 7) is 11.7. The van der Waals surface area contributed by atoms with Crippen LogP contribution in [0.3, 0.4) is 0 Å². The van der Waals surface area contributed by atoms with Crippen LogP contribution in [0.2, 0.25) is 0 Å². The molecule has 4 nitrogen and oxygen atoms in total. The van der Waals surface area contributed by atoms with Crippen LogP contribution in [-0.4, -0.2) is 26.7 Å². The van der Waals surface area contributed by atoms with Gasteiger partial charge in [-0.05, 0) is 25.7 Å². The van der Waals surface area contributed by atoms with Crippen LogP contribution in [0.4, 0.5) is 0 Å². The number of hydrogen-bond donors (Lipinski definition) is 1. The molecule has 1 aromatic heterocycles. The zero-order chi connectivity index (χ0) is 14.9. The summed E-state index contributed by atoms with van der Waals surface area (Å²) >= 11 is 1.83. The van der Waals surface area contributed by atoms with Gasteiger partial charge in [0.05, 0.1) is 12.2 Å². The molecule has 0 saturated carbocycles. The van der Waals surface area contributed by atoms with Gasteiger partial charge in [0.15, 0.2) is 5.17 Å². The monoisotopic (exact) mass is 294 g/mol. The number of amidine groups is 1. The zero-order valence-corrected chi connectivity index (χ0v) is 14.3. The molecule has 0 aliphatic carbocycles. The Morgan fingerprint density at radius 1 is 1.40 bits per heavy atom. The van der Waals surface area contributed by atoms with E-state index >= 15 is 0 Å². The van der Waals surface area contributed by atoms with Crippen LogP contribution in [0.5, 0.6) is 0 Å². The highest BCUT2D eigenvalue weighted by Crippen LogP contribution is 2.27. The van der Waals surface area contributed by atoms with Gasteiger partial charge in [0.1, 0.15) is 0 Å². The molecular formula is C15H26N4S. The van der Waals surface area contributed by atoms with Crippen molar-refractivity contribution < 1.29 is 0 Å². The van der Waals surface area contributed by atoms with E-state index in [-0.39, 0.29) is 5.41 Å². The molecule has 0 amide bonds. The average molecular weight is 294 g/mol. The second-order valence-electron chi connectivity index (χ2n) is 6.59. The van der Waals surface area contributed by atoms with Gasteiger partial charge < -0.3 is 5.32 Å². The lowest BCUT2D eigenvalue weighted by Crippen LogP contribution is -2.46. The number of hydrogen-bond acceptors (Lipinski definition) is 3. The first-order chi connectivity index (χ1) is 9.29. The summed E-state index contributed by atoms with van der Waals surface area (Å²) in [7, 11) is 1.99. The molecule has 1 aliphatic rings. The fourth-order valence-electron chi connectivity index (χ4n) is 2.47. The van der Waals surface area contributed by atoms with Gasteiger partial charge in [-0.25, -0.2) is 0 Å². The third-order valence-corrected chi connectivity index (χ3v) is 4.99. The minimum atomic E-state index is 0.280. The van der Waals surface area contributed by atoms with E-state index in [9.17, 15) is 0 Å². The quantitative estimate of drug-likeness (QED) is 0.911. The lowest BCUT2D eigenvalue weighted by atomic mass is 9.85. The summed E-state index contributed by atoms with van der Waals surface area (Å²) < 4.78 is 1.93. The van der Waals surface area contributed by atoms with Crippen LogP contribution in [0.25, 0.3) is 0 Å². The van der Waals surface area contributed by atoms with Crippen molar-refractivity contribution in [2.75, 3.05) is 5.75 Å². The number of rotatable bonds is 2. The first-order valence-electron chi connectivity index (χ1n) is 7.22. The Labute approximate surface area is 126 Å². The van der Waals surface area contributed by atoms with E-state index < -0.39 is 0 Å². The Balaban J connectivity index is 2.08. The molecule has 2 heterocycles. The van der Waals surface area contributed by atoms with Crippen molar-refractivity contribution in [2.45, 2.75) is 53.6 Å². The number of thioether (sulfide) groups is 1. The summed E-state index contributed by atoms with van der Waals surface area (Å²) in [5.41, 5.74) is 3.82. The number of aromatic nitrogens is 2. The predicted molar refractivity (Wildman–Crippen MR) is 87.3 cm³/mol. The molecular weight excluding hydrogens is 268 g/mol. The van der Waals surface area contributed by atoms with Gasteiger partial charge in [-0.1, -0.05) is 32.5 Å². The molecule has 0 bridgehead atoms. The lowest BCUT2D eigenvalue weighted by molar-refractivity contribution is 0.290. The molecule has 5 heteroatoms. The Hall–Kier alpha value is -0.970. The molecule has 2 rings (SSSR count). The van der Waals surface area contributed by atoms with Crippen molar-refractivity contribution in [3.05, 3.63) is 17.0 Å². The van der Waals surface area contributed by atoms with Crippen LogP contribution in [0.15, 0.2) is 4.99 Å². The molecule has 1 N–H and O–H groups in total. The van der Waals surface area contributed by atoms with Gasteiger partial charge in [0.2, 0.25) is 0 Å². The van der Waals surface area contributed by atoms with E-state index in [0.717, 1.165) is 23.2 Å². The third kappa shape index (κ3) is 3.37. The molecule has 1 saturated heterocycles. The maximum Gasteiger partial charge on any atom is 0.157 e. The largest absolute Gasteiger partial charge is 0.362 e. The summed E-state index contributed by atoms with van der Waals surface area (Å²) in [4.78, 5) is 4.77. The van der Waals surface area contributed by atoms with Gasteiger partial charge in [0, 0.05) is 30.1 Å². The highest BCUT2D eigenvalue weighted by Gasteiger charge is 2.28. The molecule has 112 valence electrons. The first kappa shape index (κ1) is 15.4. The van der Waals surface area contributed by atoms with Gasteiger partial charge in [-0.15, -0.1) is 0 Å². The number of aliphatic imine (C=N–C) groups is 1. The molecule has 20 heavy (non-hydrogen) atoms. The molecule has 0 spiro atoms. The third-order valence-electron chi connectivity index (χ3n) is 4.03. The fraction of sp³-hybridized carbons (Fsp3) is 0.733. The molecule has 1 fully saturated rings. The van der Waals surface area contributed by atoms with Crippen molar-refractivity contribution in [2.24, 2.45) is 17.5 Å². The van der Waals surface area contributed by atoms with Crippen molar-refractivity contribution >= 4 is 16.9 Å². The van der Waals surface area contributed by atoms with E-state index in [1.165, 1.54) is 17.7 Å². The second-order valence-corrected chi connectivity index (χ2v) is 7.68. The van der Waals surface area contributed by atoms with Crippen molar-refractivity contribution in [1.29, 1.82) is 0 Å². The van der Waals surface area contributed by atoms with Crippen LogP contribution < -0.4 is 5.32 Å². The highest BCUT2D eigenvalue weighted by molar-refractivity contribution is 8.13. The maximum atomic E-state index is 4.77. The van der Waals surface area contributed by atoms with Crippen LogP contribution >= 0.6 is 11.8 Å². The van der Waals surface area contributed by atoms with E-state index in [1.54, 1.807) is 0 Å². The summed E-state index contributed by atoms with van der Waals surface area (Å²) in [6, 6.07) is 0.513. The van der Waals surface area contributed by atoms with Crippen molar-refractivity contribution in [3.63, 3.8) is 0 Å².